The summed E-state index contributed by atoms with van der Waals surface area (Å²) >= 11 is 0. The van der Waals surface area contributed by atoms with E-state index in [1.165, 1.54) is 11.1 Å². The van der Waals surface area contributed by atoms with Gasteiger partial charge in [-0.15, -0.1) is 12.4 Å². The molecule has 0 spiro atoms. The van der Waals surface area contributed by atoms with Gasteiger partial charge in [0.15, 0.2) is 0 Å². The van der Waals surface area contributed by atoms with Crippen LogP contribution in [-0.2, 0) is 6.42 Å². The van der Waals surface area contributed by atoms with Crippen LogP contribution in [0, 0.1) is 11.3 Å². The molecule has 0 fully saturated rings. The van der Waals surface area contributed by atoms with Crippen LogP contribution in [0.15, 0.2) is 40.9 Å². The zero-order valence-corrected chi connectivity index (χ0v) is 18.3. The van der Waals surface area contributed by atoms with Crippen molar-refractivity contribution in [1.82, 2.24) is 15.5 Å². The van der Waals surface area contributed by atoms with Crippen molar-refractivity contribution in [1.29, 1.82) is 5.26 Å². The highest BCUT2D eigenvalue weighted by molar-refractivity contribution is 5.85. The molecule has 1 heterocycles. The topological polar surface area (TPSA) is 104 Å². The summed E-state index contributed by atoms with van der Waals surface area (Å²) in [6.07, 6.45) is 1.87. The summed E-state index contributed by atoms with van der Waals surface area (Å²) in [7, 11) is 0. The van der Waals surface area contributed by atoms with Crippen molar-refractivity contribution in [2.75, 3.05) is 13.2 Å². The predicted octanol–water partition coefficient (Wildman–Crippen LogP) is 4.05. The summed E-state index contributed by atoms with van der Waals surface area (Å²) in [5.74, 6) is 1.44. The Hall–Kier alpha value is -2.92. The normalized spacial score (nSPS) is 14.7. The Kier molecular flexibility index (Phi) is 7.29. The molecule has 0 radical (unpaired) electrons. The van der Waals surface area contributed by atoms with Gasteiger partial charge in [-0.25, -0.2) is 0 Å². The highest BCUT2D eigenvalue weighted by atomic mass is 35.5. The van der Waals surface area contributed by atoms with E-state index in [9.17, 15) is 5.26 Å². The Morgan fingerprint density at radius 2 is 2.16 bits per heavy atom. The van der Waals surface area contributed by atoms with Gasteiger partial charge in [0.25, 0.3) is 5.89 Å². The predicted molar refractivity (Wildman–Crippen MR) is 119 cm³/mol. The summed E-state index contributed by atoms with van der Waals surface area (Å²) in [4.78, 5) is 4.59. The van der Waals surface area contributed by atoms with Crippen molar-refractivity contribution in [2.24, 2.45) is 0 Å². The van der Waals surface area contributed by atoms with Crippen molar-refractivity contribution in [3.8, 4) is 34.7 Å². The molecule has 0 saturated heterocycles. The van der Waals surface area contributed by atoms with Crippen LogP contribution >= 0.6 is 12.4 Å². The molecule has 2 aromatic carbocycles. The van der Waals surface area contributed by atoms with Gasteiger partial charge in [-0.1, -0.05) is 23.4 Å². The Balaban J connectivity index is 0.00000272. The molecule has 1 aliphatic carbocycles. The molecule has 1 unspecified atom stereocenters. The number of hydrogen-bond donors (Lipinski definition) is 2. The van der Waals surface area contributed by atoms with E-state index < -0.39 is 0 Å². The van der Waals surface area contributed by atoms with E-state index in [-0.39, 0.29) is 31.2 Å². The zero-order chi connectivity index (χ0) is 21.1. The van der Waals surface area contributed by atoms with Crippen LogP contribution in [0.1, 0.15) is 43.0 Å². The van der Waals surface area contributed by atoms with Crippen LogP contribution in [-0.4, -0.2) is 34.5 Å². The molecule has 0 aliphatic heterocycles. The lowest BCUT2D eigenvalue weighted by Gasteiger charge is -2.13. The minimum atomic E-state index is -0.0196. The number of halogens is 1. The number of nitrogens with zero attached hydrogens (tertiary/aromatic N) is 3. The van der Waals surface area contributed by atoms with Crippen LogP contribution in [0.4, 0.5) is 0 Å². The van der Waals surface area contributed by atoms with Crippen LogP contribution in [0.2, 0.25) is 0 Å². The summed E-state index contributed by atoms with van der Waals surface area (Å²) < 4.78 is 11.2. The molecular formula is C23H25ClN4O3. The fourth-order valence-corrected chi connectivity index (χ4v) is 3.87. The van der Waals surface area contributed by atoms with Gasteiger partial charge in [0.05, 0.1) is 18.3 Å². The molecule has 0 saturated carbocycles. The lowest BCUT2D eigenvalue weighted by molar-refractivity contribution is 0.241. The number of hydrogen-bond acceptors (Lipinski definition) is 7. The molecule has 31 heavy (non-hydrogen) atoms. The number of nitriles is 1. The van der Waals surface area contributed by atoms with Crippen LogP contribution in [0.3, 0.4) is 0 Å². The minimum Gasteiger partial charge on any atom is -0.490 e. The maximum Gasteiger partial charge on any atom is 0.258 e. The van der Waals surface area contributed by atoms with Gasteiger partial charge in [-0.2, -0.15) is 10.2 Å². The van der Waals surface area contributed by atoms with E-state index in [1.54, 1.807) is 12.1 Å². The fourth-order valence-electron chi connectivity index (χ4n) is 3.87. The molecule has 1 aliphatic rings. The Morgan fingerprint density at radius 3 is 2.90 bits per heavy atom. The first-order valence-electron chi connectivity index (χ1n) is 10.1. The van der Waals surface area contributed by atoms with E-state index >= 15 is 0 Å². The van der Waals surface area contributed by atoms with E-state index in [2.05, 4.69) is 27.6 Å². The molecule has 0 amide bonds. The number of rotatable bonds is 7. The van der Waals surface area contributed by atoms with Gasteiger partial charge in [0.1, 0.15) is 11.8 Å². The number of aromatic nitrogens is 2. The van der Waals surface area contributed by atoms with Gasteiger partial charge in [-0.3, -0.25) is 0 Å². The molecular weight excluding hydrogens is 416 g/mol. The number of ether oxygens (including phenoxy) is 1. The Bertz CT molecular complexity index is 1090. The van der Waals surface area contributed by atoms with E-state index in [0.717, 1.165) is 18.4 Å². The SMILES string of the molecule is CC(C)Oc1ccc(-c2nc(-c3cccc4c3CCC4NCCO)no2)cc1C#N.Cl. The van der Waals surface area contributed by atoms with Gasteiger partial charge < -0.3 is 19.7 Å². The molecule has 1 atom stereocenters. The summed E-state index contributed by atoms with van der Waals surface area (Å²) in [6.45, 7) is 4.52. The quantitative estimate of drug-likeness (QED) is 0.570. The molecule has 4 rings (SSSR count). The maximum absolute atomic E-state index is 9.46. The third kappa shape index (κ3) is 4.72. The first-order chi connectivity index (χ1) is 14.6. The monoisotopic (exact) mass is 440 g/mol. The lowest BCUT2D eigenvalue weighted by Crippen LogP contribution is -2.22. The van der Waals surface area contributed by atoms with Gasteiger partial charge in [-0.05, 0) is 56.0 Å². The molecule has 3 aromatic rings. The summed E-state index contributed by atoms with van der Waals surface area (Å²) in [6, 6.07) is 13.8. The zero-order valence-electron chi connectivity index (χ0n) is 17.5. The van der Waals surface area contributed by atoms with Gasteiger partial charge >= 0.3 is 0 Å². The second-order valence-corrected chi connectivity index (χ2v) is 7.55. The van der Waals surface area contributed by atoms with Crippen LogP contribution in [0.5, 0.6) is 5.75 Å². The molecule has 7 nitrogen and oxygen atoms in total. The van der Waals surface area contributed by atoms with Crippen molar-refractivity contribution in [3.63, 3.8) is 0 Å². The number of nitrogens with one attached hydrogen (secondary N) is 1. The molecule has 1 aromatic heterocycles. The Morgan fingerprint density at radius 1 is 1.32 bits per heavy atom. The summed E-state index contributed by atoms with van der Waals surface area (Å²) in [5.41, 5.74) is 4.49. The Labute approximate surface area is 187 Å². The molecule has 8 heteroatoms. The van der Waals surface area contributed by atoms with Crippen LogP contribution < -0.4 is 10.1 Å². The van der Waals surface area contributed by atoms with E-state index in [4.69, 9.17) is 14.4 Å². The molecule has 2 N–H and O–H groups in total. The number of benzene rings is 2. The third-order valence-corrected chi connectivity index (χ3v) is 5.15. The van der Waals surface area contributed by atoms with E-state index in [1.807, 2.05) is 32.0 Å². The van der Waals surface area contributed by atoms with Crippen molar-refractivity contribution in [2.45, 2.75) is 38.8 Å². The first kappa shape index (κ1) is 22.8. The number of aliphatic hydroxyl groups excluding tert-OH is 1. The van der Waals surface area contributed by atoms with Crippen LogP contribution in [0.25, 0.3) is 22.8 Å². The number of fused-ring (bicyclic) bond motifs is 1. The van der Waals surface area contributed by atoms with E-state index in [0.29, 0.717) is 35.1 Å². The maximum atomic E-state index is 9.46. The van der Waals surface area contributed by atoms with Crippen molar-refractivity contribution >= 4 is 12.4 Å². The number of aliphatic hydroxyl groups is 1. The molecule has 162 valence electrons. The third-order valence-electron chi connectivity index (χ3n) is 5.15. The average Bonchev–Trinajstić information content (AvgIpc) is 3.39. The van der Waals surface area contributed by atoms with Crippen molar-refractivity contribution < 1.29 is 14.4 Å². The highest BCUT2D eigenvalue weighted by Crippen LogP contribution is 2.37. The largest absolute Gasteiger partial charge is 0.490 e. The fraction of sp³-hybridized carbons (Fsp3) is 0.348. The summed E-state index contributed by atoms with van der Waals surface area (Å²) in [5, 5.41) is 26.1. The second-order valence-electron chi connectivity index (χ2n) is 7.55. The lowest BCUT2D eigenvalue weighted by atomic mass is 10.0. The second kappa shape index (κ2) is 9.92. The minimum absolute atomic E-state index is 0. The van der Waals surface area contributed by atoms with Gasteiger partial charge in [0.2, 0.25) is 5.82 Å². The first-order valence-corrected chi connectivity index (χ1v) is 10.1. The average molecular weight is 441 g/mol. The molecule has 0 bridgehead atoms. The smallest absolute Gasteiger partial charge is 0.258 e. The van der Waals surface area contributed by atoms with Crippen molar-refractivity contribution in [3.05, 3.63) is 53.1 Å². The standard InChI is InChI=1S/C23H24N4O3.ClH/c1-14(2)29-21-9-6-15(12-16(21)13-24)23-26-22(27-30-23)19-5-3-4-18-17(19)7-8-20(18)25-10-11-28;/h3-6,9,12,14,20,25,28H,7-8,10-11H2,1-2H3;1H. The van der Waals surface area contributed by atoms with Gasteiger partial charge in [0, 0.05) is 23.7 Å². The highest BCUT2D eigenvalue weighted by Gasteiger charge is 2.26.